The Kier molecular flexibility index (Phi) is 3.87. The maximum absolute atomic E-state index is 11.9. The number of benzene rings is 1. The van der Waals surface area contributed by atoms with Crippen LogP contribution >= 0.6 is 0 Å². The van der Waals surface area contributed by atoms with Crippen molar-refractivity contribution >= 4 is 17.8 Å². The van der Waals surface area contributed by atoms with E-state index in [0.29, 0.717) is 11.5 Å². The summed E-state index contributed by atoms with van der Waals surface area (Å²) in [6.45, 7) is 0. The first kappa shape index (κ1) is 13.2. The van der Waals surface area contributed by atoms with Crippen molar-refractivity contribution in [3.8, 4) is 0 Å². The molecule has 1 N–H and O–H groups in total. The fraction of sp³-hybridized carbons (Fsp3) is 0.118. The smallest absolute Gasteiger partial charge is 0.275 e. The molecule has 1 aliphatic rings. The molecular weight excluding hydrogens is 262 g/mol. The first-order chi connectivity index (χ1) is 10.3. The molecule has 0 radical (unpaired) electrons. The van der Waals surface area contributed by atoms with Gasteiger partial charge in [0.1, 0.15) is 11.5 Å². The van der Waals surface area contributed by atoms with Crippen LogP contribution in [0.1, 0.15) is 17.7 Å². The summed E-state index contributed by atoms with van der Waals surface area (Å²) in [7, 11) is 0. The van der Waals surface area contributed by atoms with Crippen molar-refractivity contribution in [2.24, 2.45) is 4.99 Å². The van der Waals surface area contributed by atoms with Crippen LogP contribution in [0.5, 0.6) is 0 Å². The first-order valence-corrected chi connectivity index (χ1v) is 6.87. The van der Waals surface area contributed by atoms with E-state index in [-0.39, 0.29) is 5.91 Å². The van der Waals surface area contributed by atoms with Crippen molar-refractivity contribution < 1.29 is 4.79 Å². The summed E-state index contributed by atoms with van der Waals surface area (Å²) >= 11 is 0. The molecule has 0 fully saturated rings. The number of pyridine rings is 1. The lowest BCUT2D eigenvalue weighted by molar-refractivity contribution is -0.115. The summed E-state index contributed by atoms with van der Waals surface area (Å²) in [5.41, 5.74) is 2.38. The molecule has 1 amide bonds. The second kappa shape index (κ2) is 6.13. The Balaban J connectivity index is 1.69. The van der Waals surface area contributed by atoms with Crippen molar-refractivity contribution in [1.82, 2.24) is 10.3 Å². The summed E-state index contributed by atoms with van der Waals surface area (Å²) in [6, 6.07) is 15.7. The molecule has 1 aromatic heterocycles. The molecule has 1 aromatic carbocycles. The molecule has 4 nitrogen and oxygen atoms in total. The van der Waals surface area contributed by atoms with Crippen molar-refractivity contribution in [3.05, 3.63) is 71.7 Å². The van der Waals surface area contributed by atoms with Crippen LogP contribution in [0.2, 0.25) is 0 Å². The zero-order valence-electron chi connectivity index (χ0n) is 11.5. The van der Waals surface area contributed by atoms with Gasteiger partial charge in [-0.25, -0.2) is 4.99 Å². The van der Waals surface area contributed by atoms with Gasteiger partial charge in [0.25, 0.3) is 5.91 Å². The van der Waals surface area contributed by atoms with Crippen molar-refractivity contribution in [3.63, 3.8) is 0 Å². The van der Waals surface area contributed by atoms with Crippen LogP contribution in [0.15, 0.2) is 65.4 Å². The quantitative estimate of drug-likeness (QED) is 0.873. The van der Waals surface area contributed by atoms with E-state index >= 15 is 0 Å². The maximum atomic E-state index is 11.9. The number of carbonyl (C=O) groups is 1. The normalized spacial score (nSPS) is 15.9. The highest BCUT2D eigenvalue weighted by atomic mass is 16.2. The summed E-state index contributed by atoms with van der Waals surface area (Å²) in [6.07, 6.45) is 4.97. The molecule has 0 unspecified atom stereocenters. The van der Waals surface area contributed by atoms with Gasteiger partial charge < -0.3 is 5.32 Å². The standard InChI is InChI=1S/C17H15N3O/c21-17-15(12-14-8-4-5-11-18-14)19-16(20-17)10-9-13-6-2-1-3-7-13/h1-8,11-12H,9-10H2,(H,19,20,21)/b15-12+. The number of aromatic nitrogens is 1. The highest BCUT2D eigenvalue weighted by Crippen LogP contribution is 2.12. The molecule has 2 heterocycles. The van der Waals surface area contributed by atoms with Crippen LogP contribution in [0.4, 0.5) is 0 Å². The van der Waals surface area contributed by atoms with Gasteiger partial charge >= 0.3 is 0 Å². The minimum absolute atomic E-state index is 0.163. The minimum Gasteiger partial charge on any atom is -0.309 e. The van der Waals surface area contributed by atoms with Gasteiger partial charge in [-0.05, 0) is 30.2 Å². The van der Waals surface area contributed by atoms with E-state index in [2.05, 4.69) is 27.4 Å². The third kappa shape index (κ3) is 3.42. The average molecular weight is 277 g/mol. The number of aryl methyl sites for hydroxylation is 1. The minimum atomic E-state index is -0.163. The SMILES string of the molecule is O=C1NC(CCc2ccccc2)=N/C1=C/c1ccccn1. The van der Waals surface area contributed by atoms with Crippen LogP contribution in [0.25, 0.3) is 6.08 Å². The van der Waals surface area contributed by atoms with E-state index in [0.717, 1.165) is 18.5 Å². The van der Waals surface area contributed by atoms with E-state index in [1.807, 2.05) is 36.4 Å². The molecule has 0 saturated carbocycles. The van der Waals surface area contributed by atoms with Gasteiger partial charge in [0.05, 0.1) is 5.69 Å². The number of hydrogen-bond acceptors (Lipinski definition) is 3. The van der Waals surface area contributed by atoms with Crippen molar-refractivity contribution in [2.45, 2.75) is 12.8 Å². The fourth-order valence-corrected chi connectivity index (χ4v) is 2.14. The monoisotopic (exact) mass is 277 g/mol. The molecule has 0 bridgehead atoms. The van der Waals surface area contributed by atoms with E-state index in [1.165, 1.54) is 5.56 Å². The van der Waals surface area contributed by atoms with Gasteiger partial charge in [-0.2, -0.15) is 0 Å². The van der Waals surface area contributed by atoms with Crippen LogP contribution in [-0.2, 0) is 11.2 Å². The summed E-state index contributed by atoms with van der Waals surface area (Å²) in [5.74, 6) is 0.551. The zero-order chi connectivity index (χ0) is 14.5. The number of hydrogen-bond donors (Lipinski definition) is 1. The topological polar surface area (TPSA) is 54.4 Å². The van der Waals surface area contributed by atoms with Gasteiger partial charge in [-0.3, -0.25) is 9.78 Å². The van der Waals surface area contributed by atoms with Crippen molar-refractivity contribution in [2.75, 3.05) is 0 Å². The highest BCUT2D eigenvalue weighted by molar-refractivity contribution is 6.14. The summed E-state index contributed by atoms with van der Waals surface area (Å²) in [4.78, 5) is 20.4. The molecule has 104 valence electrons. The van der Waals surface area contributed by atoms with Crippen LogP contribution in [-0.4, -0.2) is 16.7 Å². The molecule has 0 aliphatic carbocycles. The third-order valence-electron chi connectivity index (χ3n) is 3.21. The molecule has 2 aromatic rings. The average Bonchev–Trinajstić information content (AvgIpc) is 2.87. The number of nitrogens with zero attached hydrogens (tertiary/aromatic N) is 2. The molecule has 0 atom stereocenters. The summed E-state index contributed by atoms with van der Waals surface area (Å²) in [5, 5.41) is 2.81. The Hall–Kier alpha value is -2.75. The number of nitrogens with one attached hydrogen (secondary N) is 1. The Bertz CT molecular complexity index is 690. The van der Waals surface area contributed by atoms with Gasteiger partial charge in [-0.15, -0.1) is 0 Å². The van der Waals surface area contributed by atoms with E-state index in [1.54, 1.807) is 12.3 Å². The molecule has 21 heavy (non-hydrogen) atoms. The Morgan fingerprint density at radius 3 is 2.57 bits per heavy atom. The van der Waals surface area contributed by atoms with E-state index in [9.17, 15) is 4.79 Å². The molecule has 0 saturated heterocycles. The predicted octanol–water partition coefficient (Wildman–Crippen LogP) is 2.58. The molecular formula is C17H15N3O. The highest BCUT2D eigenvalue weighted by Gasteiger charge is 2.19. The molecule has 4 heteroatoms. The Morgan fingerprint density at radius 2 is 1.81 bits per heavy atom. The van der Waals surface area contributed by atoms with E-state index < -0.39 is 0 Å². The second-order valence-corrected chi connectivity index (χ2v) is 4.78. The van der Waals surface area contributed by atoms with Gasteiger partial charge in [0.15, 0.2) is 0 Å². The number of amides is 1. The van der Waals surface area contributed by atoms with Gasteiger partial charge in [0, 0.05) is 12.6 Å². The predicted molar refractivity (Wildman–Crippen MR) is 82.6 cm³/mol. The lowest BCUT2D eigenvalue weighted by Crippen LogP contribution is -2.24. The first-order valence-electron chi connectivity index (χ1n) is 6.87. The van der Waals surface area contributed by atoms with Gasteiger partial charge in [-0.1, -0.05) is 36.4 Å². The molecule has 3 rings (SSSR count). The maximum Gasteiger partial charge on any atom is 0.275 e. The number of aliphatic imine (C=N–C) groups is 1. The fourth-order valence-electron chi connectivity index (χ4n) is 2.14. The van der Waals surface area contributed by atoms with Crippen LogP contribution < -0.4 is 5.32 Å². The lowest BCUT2D eigenvalue weighted by atomic mass is 10.1. The van der Waals surface area contributed by atoms with Crippen LogP contribution in [0.3, 0.4) is 0 Å². The van der Waals surface area contributed by atoms with Gasteiger partial charge in [0.2, 0.25) is 0 Å². The lowest BCUT2D eigenvalue weighted by Gasteiger charge is -2.00. The van der Waals surface area contributed by atoms with Crippen LogP contribution in [0, 0.1) is 0 Å². The zero-order valence-corrected chi connectivity index (χ0v) is 11.5. The Labute approximate surface area is 123 Å². The molecule has 1 aliphatic heterocycles. The second-order valence-electron chi connectivity index (χ2n) is 4.78. The number of rotatable bonds is 4. The third-order valence-corrected chi connectivity index (χ3v) is 3.21. The van der Waals surface area contributed by atoms with Crippen molar-refractivity contribution in [1.29, 1.82) is 0 Å². The largest absolute Gasteiger partial charge is 0.309 e. The number of carbonyl (C=O) groups excluding carboxylic acids is 1. The van der Waals surface area contributed by atoms with E-state index in [4.69, 9.17) is 0 Å². The Morgan fingerprint density at radius 1 is 1.00 bits per heavy atom. The summed E-state index contributed by atoms with van der Waals surface area (Å²) < 4.78 is 0. The number of amidine groups is 1. The molecule has 0 spiro atoms.